The summed E-state index contributed by atoms with van der Waals surface area (Å²) in [7, 11) is 2.22. The van der Waals surface area contributed by atoms with Crippen LogP contribution >= 0.6 is 0 Å². The second-order valence-electron chi connectivity index (χ2n) is 5.40. The molecule has 0 aromatic carbocycles. The third-order valence-electron chi connectivity index (χ3n) is 4.18. The quantitative estimate of drug-likeness (QED) is 0.778. The number of nitrogens with two attached hydrogens (primary N) is 1. The lowest BCUT2D eigenvalue weighted by Crippen LogP contribution is -2.50. The predicted octanol–water partition coefficient (Wildman–Crippen LogP) is 1.72. The summed E-state index contributed by atoms with van der Waals surface area (Å²) >= 11 is 0. The lowest BCUT2D eigenvalue weighted by molar-refractivity contribution is 0.0201. The van der Waals surface area contributed by atoms with Crippen molar-refractivity contribution >= 4 is 0 Å². The number of rotatable bonds is 5. The van der Waals surface area contributed by atoms with Crippen LogP contribution in [0.5, 0.6) is 0 Å². The lowest BCUT2D eigenvalue weighted by atomic mass is 9.89. The van der Waals surface area contributed by atoms with E-state index in [0.29, 0.717) is 23.9 Å². The molecule has 3 nitrogen and oxygen atoms in total. The third-order valence-corrected chi connectivity index (χ3v) is 4.18. The van der Waals surface area contributed by atoms with E-state index in [-0.39, 0.29) is 0 Å². The van der Waals surface area contributed by atoms with Gasteiger partial charge in [0, 0.05) is 31.8 Å². The van der Waals surface area contributed by atoms with Crippen LogP contribution in [0.4, 0.5) is 0 Å². The highest BCUT2D eigenvalue weighted by Gasteiger charge is 2.29. The molecule has 3 heteroatoms. The van der Waals surface area contributed by atoms with Gasteiger partial charge >= 0.3 is 0 Å². The molecule has 16 heavy (non-hydrogen) atoms. The van der Waals surface area contributed by atoms with Gasteiger partial charge in [-0.3, -0.25) is 4.90 Å². The SMILES string of the molecule is CC(C)C(C)N(C)C(CN)C1CCOCC1. The Morgan fingerprint density at radius 2 is 1.81 bits per heavy atom. The first kappa shape index (κ1) is 13.9. The topological polar surface area (TPSA) is 38.5 Å². The van der Waals surface area contributed by atoms with Gasteiger partial charge in [-0.15, -0.1) is 0 Å². The lowest BCUT2D eigenvalue weighted by Gasteiger charge is -2.40. The zero-order valence-corrected chi connectivity index (χ0v) is 11.3. The molecule has 1 aliphatic heterocycles. The highest BCUT2D eigenvalue weighted by Crippen LogP contribution is 2.24. The standard InChI is InChI=1S/C13H28N2O/c1-10(2)11(3)15(4)13(9-14)12-5-7-16-8-6-12/h10-13H,5-9,14H2,1-4H3. The first-order valence-corrected chi connectivity index (χ1v) is 6.57. The van der Waals surface area contributed by atoms with E-state index in [1.165, 1.54) is 0 Å². The van der Waals surface area contributed by atoms with E-state index in [2.05, 4.69) is 32.7 Å². The minimum absolute atomic E-state index is 0.515. The highest BCUT2D eigenvalue weighted by molar-refractivity contribution is 4.83. The summed E-state index contributed by atoms with van der Waals surface area (Å²) < 4.78 is 5.42. The molecule has 1 heterocycles. The van der Waals surface area contributed by atoms with Crippen LogP contribution in [-0.4, -0.2) is 43.8 Å². The molecule has 2 unspecified atom stereocenters. The molecule has 0 bridgehead atoms. The van der Waals surface area contributed by atoms with E-state index >= 15 is 0 Å². The van der Waals surface area contributed by atoms with Gasteiger partial charge < -0.3 is 10.5 Å². The zero-order chi connectivity index (χ0) is 12.1. The zero-order valence-electron chi connectivity index (χ0n) is 11.3. The van der Waals surface area contributed by atoms with Crippen LogP contribution in [0.15, 0.2) is 0 Å². The van der Waals surface area contributed by atoms with Crippen LogP contribution < -0.4 is 5.73 Å². The molecule has 0 radical (unpaired) electrons. The number of likely N-dealkylation sites (N-methyl/N-ethyl adjacent to an activating group) is 1. The summed E-state index contributed by atoms with van der Waals surface area (Å²) in [4.78, 5) is 2.47. The average molecular weight is 228 g/mol. The Morgan fingerprint density at radius 1 is 1.25 bits per heavy atom. The van der Waals surface area contributed by atoms with Gasteiger partial charge in [0.15, 0.2) is 0 Å². The maximum absolute atomic E-state index is 5.96. The summed E-state index contributed by atoms with van der Waals surface area (Å²) in [6, 6.07) is 1.11. The Morgan fingerprint density at radius 3 is 2.25 bits per heavy atom. The second-order valence-corrected chi connectivity index (χ2v) is 5.40. The minimum atomic E-state index is 0.515. The molecule has 0 saturated carbocycles. The molecule has 0 amide bonds. The van der Waals surface area contributed by atoms with E-state index in [1.54, 1.807) is 0 Å². The average Bonchev–Trinajstić information content (AvgIpc) is 2.30. The van der Waals surface area contributed by atoms with Crippen LogP contribution in [0, 0.1) is 11.8 Å². The van der Waals surface area contributed by atoms with Crippen LogP contribution in [-0.2, 0) is 4.74 Å². The monoisotopic (exact) mass is 228 g/mol. The highest BCUT2D eigenvalue weighted by atomic mass is 16.5. The predicted molar refractivity (Wildman–Crippen MR) is 68.4 cm³/mol. The number of hydrogen-bond acceptors (Lipinski definition) is 3. The minimum Gasteiger partial charge on any atom is -0.381 e. The molecular formula is C13H28N2O. The maximum atomic E-state index is 5.96. The van der Waals surface area contributed by atoms with Gasteiger partial charge in [-0.05, 0) is 38.6 Å². The van der Waals surface area contributed by atoms with Gasteiger partial charge in [0.25, 0.3) is 0 Å². The normalized spacial score (nSPS) is 22.7. The number of ether oxygens (including phenoxy) is 1. The first-order valence-electron chi connectivity index (χ1n) is 6.57. The van der Waals surface area contributed by atoms with Crippen molar-refractivity contribution in [1.29, 1.82) is 0 Å². The maximum Gasteiger partial charge on any atom is 0.0469 e. The molecule has 1 fully saturated rings. The van der Waals surface area contributed by atoms with E-state index < -0.39 is 0 Å². The number of hydrogen-bond donors (Lipinski definition) is 1. The fraction of sp³-hybridized carbons (Fsp3) is 1.00. The van der Waals surface area contributed by atoms with Gasteiger partial charge in [0.1, 0.15) is 0 Å². The van der Waals surface area contributed by atoms with E-state index in [1.807, 2.05) is 0 Å². The Balaban J connectivity index is 2.57. The van der Waals surface area contributed by atoms with Crippen molar-refractivity contribution < 1.29 is 4.74 Å². The number of nitrogens with zero attached hydrogens (tertiary/aromatic N) is 1. The van der Waals surface area contributed by atoms with Crippen LogP contribution in [0.3, 0.4) is 0 Å². The fourth-order valence-corrected chi connectivity index (χ4v) is 2.56. The molecule has 0 aliphatic carbocycles. The van der Waals surface area contributed by atoms with Gasteiger partial charge in [0.2, 0.25) is 0 Å². The molecule has 0 aromatic rings. The summed E-state index contributed by atoms with van der Waals surface area (Å²) in [6.45, 7) is 9.43. The van der Waals surface area contributed by atoms with Gasteiger partial charge in [-0.1, -0.05) is 13.8 Å². The Kier molecular flexibility index (Phi) is 5.73. The first-order chi connectivity index (χ1) is 7.57. The third kappa shape index (κ3) is 3.44. The van der Waals surface area contributed by atoms with E-state index in [0.717, 1.165) is 32.6 Å². The molecular weight excluding hydrogens is 200 g/mol. The largest absolute Gasteiger partial charge is 0.381 e. The van der Waals surface area contributed by atoms with Crippen molar-refractivity contribution in [2.75, 3.05) is 26.8 Å². The molecule has 1 rings (SSSR count). The summed E-state index contributed by atoms with van der Waals surface area (Å²) in [5.74, 6) is 1.39. The molecule has 0 aromatic heterocycles. The van der Waals surface area contributed by atoms with Gasteiger partial charge in [-0.25, -0.2) is 0 Å². The van der Waals surface area contributed by atoms with Gasteiger partial charge in [-0.2, -0.15) is 0 Å². The van der Waals surface area contributed by atoms with E-state index in [4.69, 9.17) is 10.5 Å². The smallest absolute Gasteiger partial charge is 0.0469 e. The van der Waals surface area contributed by atoms with Crippen molar-refractivity contribution in [3.63, 3.8) is 0 Å². The van der Waals surface area contributed by atoms with Crippen LogP contribution in [0.2, 0.25) is 0 Å². The van der Waals surface area contributed by atoms with Crippen molar-refractivity contribution in [3.05, 3.63) is 0 Å². The molecule has 2 atom stereocenters. The summed E-state index contributed by atoms with van der Waals surface area (Å²) in [6.07, 6.45) is 2.33. The second kappa shape index (κ2) is 6.58. The Hall–Kier alpha value is -0.120. The molecule has 1 saturated heterocycles. The fourth-order valence-electron chi connectivity index (χ4n) is 2.56. The van der Waals surface area contributed by atoms with Crippen molar-refractivity contribution in [3.8, 4) is 0 Å². The van der Waals surface area contributed by atoms with Crippen molar-refractivity contribution in [2.24, 2.45) is 17.6 Å². The molecule has 0 spiro atoms. The van der Waals surface area contributed by atoms with Crippen LogP contribution in [0.1, 0.15) is 33.6 Å². The molecule has 1 aliphatic rings. The van der Waals surface area contributed by atoms with Crippen molar-refractivity contribution in [1.82, 2.24) is 4.90 Å². The Labute approximate surface area is 100 Å². The van der Waals surface area contributed by atoms with Crippen molar-refractivity contribution in [2.45, 2.75) is 45.7 Å². The van der Waals surface area contributed by atoms with Gasteiger partial charge in [0.05, 0.1) is 0 Å². The molecule has 96 valence electrons. The molecule has 2 N–H and O–H groups in total. The van der Waals surface area contributed by atoms with Crippen LogP contribution in [0.25, 0.3) is 0 Å². The Bertz CT molecular complexity index is 190. The summed E-state index contributed by atoms with van der Waals surface area (Å²) in [5.41, 5.74) is 5.96. The van der Waals surface area contributed by atoms with E-state index in [9.17, 15) is 0 Å². The summed E-state index contributed by atoms with van der Waals surface area (Å²) in [5, 5.41) is 0.